The molecule has 0 bridgehead atoms. The largest absolute Gasteiger partial charge is 0.452 e. The van der Waals surface area contributed by atoms with Gasteiger partial charge in [-0.3, -0.25) is 9.59 Å². The van der Waals surface area contributed by atoms with E-state index in [4.69, 9.17) is 10.00 Å². The number of amides is 1. The van der Waals surface area contributed by atoms with Crippen LogP contribution in [-0.2, 0) is 24.3 Å². The summed E-state index contributed by atoms with van der Waals surface area (Å²) in [6, 6.07) is 16.3. The van der Waals surface area contributed by atoms with Gasteiger partial charge in [-0.1, -0.05) is 30.3 Å². The quantitative estimate of drug-likeness (QED) is 0.658. The molecule has 0 fully saturated rings. The predicted octanol–water partition coefficient (Wildman–Crippen LogP) is 1.82. The molecule has 2 rings (SSSR count). The van der Waals surface area contributed by atoms with Crippen LogP contribution >= 0.6 is 0 Å². The molecule has 2 aromatic carbocycles. The second-order valence-corrected chi connectivity index (χ2v) is 7.72. The number of rotatable bonds is 8. The van der Waals surface area contributed by atoms with Gasteiger partial charge in [0.25, 0.3) is 5.91 Å². The zero-order valence-corrected chi connectivity index (χ0v) is 16.8. The maximum absolute atomic E-state index is 12.6. The molecule has 0 spiro atoms. The van der Waals surface area contributed by atoms with Gasteiger partial charge in [0.15, 0.2) is 6.10 Å². The lowest BCUT2D eigenvalue weighted by molar-refractivity contribution is -0.152. The van der Waals surface area contributed by atoms with E-state index in [-0.39, 0.29) is 10.5 Å². The van der Waals surface area contributed by atoms with E-state index in [0.29, 0.717) is 12.2 Å². The Morgan fingerprint density at radius 3 is 2.38 bits per heavy atom. The Balaban J connectivity index is 1.99. The van der Waals surface area contributed by atoms with E-state index < -0.39 is 34.5 Å². The number of hydrogen-bond acceptors (Lipinski definition) is 6. The van der Waals surface area contributed by atoms with E-state index >= 15 is 0 Å². The lowest BCUT2D eigenvalue weighted by Gasteiger charge is -2.24. The highest BCUT2D eigenvalue weighted by atomic mass is 32.2. The number of nitrogens with zero attached hydrogens (tertiary/aromatic N) is 2. The number of likely N-dealkylation sites (N-methyl/N-ethyl adjacent to an activating group) is 1. The number of esters is 1. The van der Waals surface area contributed by atoms with Crippen LogP contribution in [0.5, 0.6) is 0 Å². The van der Waals surface area contributed by atoms with Gasteiger partial charge in [-0.15, -0.1) is 0 Å². The maximum Gasteiger partial charge on any atom is 0.321 e. The minimum atomic E-state index is -4.09. The van der Waals surface area contributed by atoms with Crippen LogP contribution in [0, 0.1) is 11.3 Å². The number of carbonyl (C=O) groups excluding carboxylic acids is 2. The molecule has 0 saturated heterocycles. The summed E-state index contributed by atoms with van der Waals surface area (Å²) >= 11 is 0. The number of hydrogen-bond donors (Lipinski definition) is 1. The van der Waals surface area contributed by atoms with Crippen molar-refractivity contribution in [1.29, 1.82) is 5.26 Å². The minimum Gasteiger partial charge on any atom is -0.452 e. The van der Waals surface area contributed by atoms with Crippen LogP contribution < -0.4 is 9.62 Å². The molecule has 2 aromatic rings. The SMILES string of the molecule is CCN(C(=O)[C@@H](C)OC(=O)CNS(=O)(=O)c1ccccc1C#N)c1ccccc1. The zero-order valence-electron chi connectivity index (χ0n) is 16.0. The van der Waals surface area contributed by atoms with Crippen molar-refractivity contribution in [3.05, 3.63) is 60.2 Å². The van der Waals surface area contributed by atoms with Crippen LogP contribution in [0.2, 0.25) is 0 Å². The highest BCUT2D eigenvalue weighted by Crippen LogP contribution is 2.16. The van der Waals surface area contributed by atoms with Gasteiger partial charge in [-0.05, 0) is 38.1 Å². The average Bonchev–Trinajstić information content (AvgIpc) is 2.73. The molecule has 29 heavy (non-hydrogen) atoms. The third-order valence-corrected chi connectivity index (χ3v) is 5.47. The number of nitriles is 1. The summed E-state index contributed by atoms with van der Waals surface area (Å²) in [6.07, 6.45) is -1.10. The highest BCUT2D eigenvalue weighted by molar-refractivity contribution is 7.89. The number of sulfonamides is 1. The molecule has 0 radical (unpaired) electrons. The first-order valence-electron chi connectivity index (χ1n) is 8.84. The lowest BCUT2D eigenvalue weighted by Crippen LogP contribution is -2.41. The Kier molecular flexibility index (Phi) is 7.47. The first-order valence-corrected chi connectivity index (χ1v) is 10.3. The molecule has 0 aliphatic heterocycles. The number of ether oxygens (including phenoxy) is 1. The molecule has 0 aromatic heterocycles. The van der Waals surface area contributed by atoms with Gasteiger partial charge in [-0.25, -0.2) is 8.42 Å². The van der Waals surface area contributed by atoms with Crippen molar-refractivity contribution in [3.63, 3.8) is 0 Å². The van der Waals surface area contributed by atoms with Crippen molar-refractivity contribution in [1.82, 2.24) is 4.72 Å². The Bertz CT molecular complexity index is 1020. The van der Waals surface area contributed by atoms with Crippen LogP contribution in [0.15, 0.2) is 59.5 Å². The van der Waals surface area contributed by atoms with Crippen molar-refractivity contribution in [2.75, 3.05) is 18.0 Å². The second kappa shape index (κ2) is 9.82. The maximum atomic E-state index is 12.6. The van der Waals surface area contributed by atoms with Crippen molar-refractivity contribution in [3.8, 4) is 6.07 Å². The summed E-state index contributed by atoms with van der Waals surface area (Å²) in [6.45, 7) is 2.92. The number of carbonyl (C=O) groups is 2. The summed E-state index contributed by atoms with van der Waals surface area (Å²) < 4.78 is 31.8. The van der Waals surface area contributed by atoms with Gasteiger partial charge < -0.3 is 9.64 Å². The van der Waals surface area contributed by atoms with E-state index in [1.807, 2.05) is 6.07 Å². The summed E-state index contributed by atoms with van der Waals surface area (Å²) in [7, 11) is -4.09. The number of anilines is 1. The Morgan fingerprint density at radius 1 is 1.14 bits per heavy atom. The summed E-state index contributed by atoms with van der Waals surface area (Å²) in [4.78, 5) is 25.9. The van der Waals surface area contributed by atoms with E-state index in [0.717, 1.165) is 0 Å². The van der Waals surface area contributed by atoms with Crippen LogP contribution in [0.25, 0.3) is 0 Å². The molecule has 0 unspecified atom stereocenters. The van der Waals surface area contributed by atoms with E-state index in [1.165, 1.54) is 36.1 Å². The van der Waals surface area contributed by atoms with Crippen LogP contribution in [0.4, 0.5) is 5.69 Å². The van der Waals surface area contributed by atoms with E-state index in [2.05, 4.69) is 4.72 Å². The molecule has 0 saturated carbocycles. The summed E-state index contributed by atoms with van der Waals surface area (Å²) in [5.74, 6) is -1.34. The standard InChI is InChI=1S/C20H21N3O5S/c1-3-23(17-10-5-4-6-11-17)20(25)15(2)28-19(24)14-22-29(26,27)18-12-8-7-9-16(18)13-21/h4-12,15,22H,3,14H2,1-2H3/t15-/m1/s1. The molecule has 1 atom stereocenters. The van der Waals surface area contributed by atoms with Crippen LogP contribution in [0.3, 0.4) is 0 Å². The van der Waals surface area contributed by atoms with Gasteiger partial charge in [0, 0.05) is 12.2 Å². The molecular weight excluding hydrogens is 394 g/mol. The fraction of sp³-hybridized carbons (Fsp3) is 0.250. The minimum absolute atomic E-state index is 0.0432. The topological polar surface area (TPSA) is 117 Å². The molecule has 0 aliphatic carbocycles. The van der Waals surface area contributed by atoms with Gasteiger partial charge in [0.05, 0.1) is 10.5 Å². The van der Waals surface area contributed by atoms with Gasteiger partial charge in [-0.2, -0.15) is 9.98 Å². The zero-order chi connectivity index (χ0) is 21.4. The van der Waals surface area contributed by atoms with Gasteiger partial charge >= 0.3 is 5.97 Å². The van der Waals surface area contributed by atoms with E-state index in [1.54, 1.807) is 37.3 Å². The molecule has 1 amide bonds. The Labute approximate surface area is 169 Å². The molecule has 9 heteroatoms. The number of benzene rings is 2. The van der Waals surface area contributed by atoms with Crippen molar-refractivity contribution < 1.29 is 22.7 Å². The Hall–Kier alpha value is -3.22. The van der Waals surface area contributed by atoms with Crippen molar-refractivity contribution in [2.24, 2.45) is 0 Å². The van der Waals surface area contributed by atoms with Crippen LogP contribution in [-0.4, -0.2) is 39.5 Å². The molecule has 0 aliphatic rings. The summed E-state index contributed by atoms with van der Waals surface area (Å²) in [5, 5.41) is 9.03. The smallest absolute Gasteiger partial charge is 0.321 e. The third kappa shape index (κ3) is 5.63. The lowest BCUT2D eigenvalue weighted by atomic mass is 10.2. The highest BCUT2D eigenvalue weighted by Gasteiger charge is 2.25. The molecule has 1 N–H and O–H groups in total. The van der Waals surface area contributed by atoms with E-state index in [9.17, 15) is 18.0 Å². The van der Waals surface area contributed by atoms with Crippen LogP contribution in [0.1, 0.15) is 19.4 Å². The fourth-order valence-electron chi connectivity index (χ4n) is 2.61. The first kappa shape index (κ1) is 22.1. The van der Waals surface area contributed by atoms with Gasteiger partial charge in [0.2, 0.25) is 10.0 Å². The molecule has 8 nitrogen and oxygen atoms in total. The van der Waals surface area contributed by atoms with Crippen molar-refractivity contribution >= 4 is 27.6 Å². The van der Waals surface area contributed by atoms with Gasteiger partial charge in [0.1, 0.15) is 12.6 Å². The monoisotopic (exact) mass is 415 g/mol. The predicted molar refractivity (Wildman–Crippen MR) is 106 cm³/mol. The number of para-hydroxylation sites is 1. The third-order valence-electron chi connectivity index (χ3n) is 4.01. The van der Waals surface area contributed by atoms with Crippen molar-refractivity contribution in [2.45, 2.75) is 24.8 Å². The molecular formula is C20H21N3O5S. The Morgan fingerprint density at radius 2 is 1.76 bits per heavy atom. The summed E-state index contributed by atoms with van der Waals surface area (Å²) in [5.41, 5.74) is 0.620. The molecule has 152 valence electrons. The number of nitrogens with one attached hydrogen (secondary N) is 1. The molecule has 0 heterocycles. The average molecular weight is 415 g/mol. The second-order valence-electron chi connectivity index (χ2n) is 5.98. The first-order chi connectivity index (χ1) is 13.8. The normalized spacial score (nSPS) is 11.9. The fourth-order valence-corrected chi connectivity index (χ4v) is 3.73.